The van der Waals surface area contributed by atoms with Crippen molar-refractivity contribution in [1.29, 1.82) is 0 Å². The van der Waals surface area contributed by atoms with Crippen LogP contribution in [-0.2, 0) is 16.1 Å². The summed E-state index contributed by atoms with van der Waals surface area (Å²) in [6, 6.07) is 9.73. The average Bonchev–Trinajstić information content (AvgIpc) is 3.06. The van der Waals surface area contributed by atoms with E-state index in [2.05, 4.69) is 4.98 Å². The molecule has 140 valence electrons. The Bertz CT molecular complexity index is 964. The van der Waals surface area contributed by atoms with Gasteiger partial charge in [-0.15, -0.1) is 0 Å². The summed E-state index contributed by atoms with van der Waals surface area (Å²) in [7, 11) is 0. The molecule has 0 saturated carbocycles. The Hall–Kier alpha value is -2.83. The molecular weight excluding hydrogens is 344 g/mol. The van der Waals surface area contributed by atoms with Crippen LogP contribution in [0.5, 0.6) is 0 Å². The Morgan fingerprint density at radius 3 is 2.74 bits per heavy atom. The van der Waals surface area contributed by atoms with Crippen LogP contribution in [0.3, 0.4) is 0 Å². The molecule has 2 N–H and O–H groups in total. The van der Waals surface area contributed by atoms with E-state index in [1.807, 2.05) is 37.3 Å². The number of rotatable bonds is 5. The molecule has 0 aliphatic carbocycles. The normalized spacial score (nSPS) is 17.9. The molecule has 27 heavy (non-hydrogen) atoms. The lowest BCUT2D eigenvalue weighted by molar-refractivity contribution is -0.125. The standard InChI is InChI=1S/C21H22N2O4/c1-3-18-19-15(9-14-7-5-6-8-17(14)22-19)11-23(18)20(26)16(12-24)10-21(27,4-2)13-25/h3,5-10,13,24,27H,4,11-12H2,1-2H3/b16-10+,18-3-/t21-/m0/s1. The first-order chi connectivity index (χ1) is 13.0. The van der Waals surface area contributed by atoms with E-state index in [0.717, 1.165) is 28.2 Å². The van der Waals surface area contributed by atoms with Crippen molar-refractivity contribution in [2.45, 2.75) is 32.4 Å². The first-order valence-electron chi connectivity index (χ1n) is 8.84. The predicted octanol–water partition coefficient (Wildman–Crippen LogP) is 2.20. The van der Waals surface area contributed by atoms with Crippen LogP contribution in [0, 0.1) is 0 Å². The Morgan fingerprint density at radius 2 is 2.11 bits per heavy atom. The number of carbonyl (C=O) groups is 2. The molecule has 1 atom stereocenters. The number of carbonyl (C=O) groups excluding carboxylic acids is 2. The second-order valence-corrected chi connectivity index (χ2v) is 6.54. The summed E-state index contributed by atoms with van der Waals surface area (Å²) < 4.78 is 0. The number of pyridine rings is 1. The fourth-order valence-electron chi connectivity index (χ4n) is 3.23. The molecule has 1 aromatic heterocycles. The maximum atomic E-state index is 13.0. The van der Waals surface area contributed by atoms with Crippen molar-refractivity contribution in [3.63, 3.8) is 0 Å². The van der Waals surface area contributed by atoms with E-state index < -0.39 is 18.1 Å². The zero-order valence-corrected chi connectivity index (χ0v) is 15.3. The Labute approximate surface area is 157 Å². The number of aromatic nitrogens is 1. The molecule has 1 amide bonds. The number of fused-ring (bicyclic) bond motifs is 2. The van der Waals surface area contributed by atoms with Gasteiger partial charge in [0.15, 0.2) is 6.29 Å². The molecule has 2 aromatic rings. The lowest BCUT2D eigenvalue weighted by Gasteiger charge is -2.21. The number of allylic oxidation sites excluding steroid dienone is 1. The van der Waals surface area contributed by atoms with Gasteiger partial charge in [0.25, 0.3) is 5.91 Å². The van der Waals surface area contributed by atoms with E-state index in [1.165, 1.54) is 4.90 Å². The molecule has 0 fully saturated rings. The van der Waals surface area contributed by atoms with Crippen LogP contribution in [0.25, 0.3) is 16.6 Å². The van der Waals surface area contributed by atoms with Gasteiger partial charge in [0, 0.05) is 16.5 Å². The summed E-state index contributed by atoms with van der Waals surface area (Å²) in [5, 5.41) is 20.8. The molecule has 1 aliphatic rings. The fourth-order valence-corrected chi connectivity index (χ4v) is 3.23. The van der Waals surface area contributed by atoms with Crippen LogP contribution in [0.15, 0.2) is 48.1 Å². The smallest absolute Gasteiger partial charge is 0.256 e. The number of hydrogen-bond donors (Lipinski definition) is 2. The molecule has 0 spiro atoms. The fraction of sp³-hybridized carbons (Fsp3) is 0.286. The van der Waals surface area contributed by atoms with Crippen molar-refractivity contribution in [3.05, 3.63) is 59.3 Å². The van der Waals surface area contributed by atoms with E-state index in [1.54, 1.807) is 13.0 Å². The van der Waals surface area contributed by atoms with Crippen LogP contribution in [0.4, 0.5) is 0 Å². The van der Waals surface area contributed by atoms with Gasteiger partial charge in [-0.3, -0.25) is 9.59 Å². The third kappa shape index (κ3) is 3.41. The van der Waals surface area contributed by atoms with Crippen molar-refractivity contribution in [1.82, 2.24) is 9.88 Å². The molecule has 6 nitrogen and oxygen atoms in total. The minimum Gasteiger partial charge on any atom is -0.391 e. The quantitative estimate of drug-likeness (QED) is 0.625. The molecule has 1 aliphatic heterocycles. The molecule has 1 aromatic carbocycles. The van der Waals surface area contributed by atoms with Crippen molar-refractivity contribution >= 4 is 28.8 Å². The summed E-state index contributed by atoms with van der Waals surface area (Å²) in [5.74, 6) is -0.457. The van der Waals surface area contributed by atoms with Gasteiger partial charge in [-0.25, -0.2) is 4.98 Å². The maximum absolute atomic E-state index is 13.0. The Balaban J connectivity index is 2.01. The Morgan fingerprint density at radius 1 is 1.37 bits per heavy atom. The van der Waals surface area contributed by atoms with Gasteiger partial charge in [-0.1, -0.05) is 31.2 Å². The highest BCUT2D eigenvalue weighted by Crippen LogP contribution is 2.34. The van der Waals surface area contributed by atoms with Gasteiger partial charge in [-0.2, -0.15) is 0 Å². The zero-order chi connectivity index (χ0) is 19.6. The highest BCUT2D eigenvalue weighted by atomic mass is 16.3. The number of benzene rings is 1. The number of nitrogens with zero attached hydrogens (tertiary/aromatic N) is 2. The summed E-state index contributed by atoms with van der Waals surface area (Å²) in [5.41, 5.74) is 1.32. The van der Waals surface area contributed by atoms with Gasteiger partial charge in [0.05, 0.1) is 30.1 Å². The van der Waals surface area contributed by atoms with Crippen molar-refractivity contribution in [3.8, 4) is 0 Å². The molecule has 2 heterocycles. The largest absolute Gasteiger partial charge is 0.391 e. The van der Waals surface area contributed by atoms with E-state index >= 15 is 0 Å². The average molecular weight is 366 g/mol. The monoisotopic (exact) mass is 366 g/mol. The van der Waals surface area contributed by atoms with E-state index in [-0.39, 0.29) is 12.0 Å². The van der Waals surface area contributed by atoms with Gasteiger partial charge in [0.1, 0.15) is 5.60 Å². The van der Waals surface area contributed by atoms with Gasteiger partial charge in [-0.05, 0) is 31.6 Å². The summed E-state index contributed by atoms with van der Waals surface area (Å²) in [6.45, 7) is 3.18. The number of hydrogen-bond acceptors (Lipinski definition) is 5. The minimum absolute atomic E-state index is 0.0249. The van der Waals surface area contributed by atoms with Crippen LogP contribution in [-0.4, -0.2) is 44.5 Å². The zero-order valence-electron chi connectivity index (χ0n) is 15.3. The lowest BCUT2D eigenvalue weighted by Crippen LogP contribution is -2.32. The van der Waals surface area contributed by atoms with Crippen LogP contribution in [0.1, 0.15) is 31.5 Å². The van der Waals surface area contributed by atoms with Crippen molar-refractivity contribution in [2.24, 2.45) is 0 Å². The summed E-state index contributed by atoms with van der Waals surface area (Å²) >= 11 is 0. The molecule has 0 bridgehead atoms. The first-order valence-corrected chi connectivity index (χ1v) is 8.84. The van der Waals surface area contributed by atoms with Crippen molar-refractivity contribution in [2.75, 3.05) is 6.61 Å². The van der Waals surface area contributed by atoms with Gasteiger partial charge >= 0.3 is 0 Å². The van der Waals surface area contributed by atoms with Crippen molar-refractivity contribution < 1.29 is 19.8 Å². The number of amides is 1. The Kier molecular flexibility index (Phi) is 5.21. The van der Waals surface area contributed by atoms with Crippen LogP contribution in [0.2, 0.25) is 0 Å². The summed E-state index contributed by atoms with van der Waals surface area (Å²) in [4.78, 5) is 30.4. The first kappa shape index (κ1) is 18.9. The molecule has 0 radical (unpaired) electrons. The second-order valence-electron chi connectivity index (χ2n) is 6.54. The van der Waals surface area contributed by atoms with Gasteiger partial charge in [0.2, 0.25) is 0 Å². The third-order valence-electron chi connectivity index (χ3n) is 4.82. The van der Waals surface area contributed by atoms with E-state index in [9.17, 15) is 19.8 Å². The lowest BCUT2D eigenvalue weighted by atomic mass is 9.99. The highest BCUT2D eigenvalue weighted by molar-refractivity contribution is 6.01. The third-order valence-corrected chi connectivity index (χ3v) is 4.82. The molecule has 3 rings (SSSR count). The number of aliphatic hydroxyl groups is 2. The molecule has 6 heteroatoms. The van der Waals surface area contributed by atoms with Crippen LogP contribution >= 0.6 is 0 Å². The number of para-hydroxylation sites is 1. The van der Waals surface area contributed by atoms with Gasteiger partial charge < -0.3 is 15.1 Å². The molecular formula is C21H22N2O4. The number of aldehydes is 1. The summed E-state index contributed by atoms with van der Waals surface area (Å²) in [6.07, 6.45) is 3.42. The maximum Gasteiger partial charge on any atom is 0.256 e. The second kappa shape index (κ2) is 7.42. The number of aliphatic hydroxyl groups excluding tert-OH is 1. The van der Waals surface area contributed by atoms with E-state index in [0.29, 0.717) is 18.5 Å². The van der Waals surface area contributed by atoms with E-state index in [4.69, 9.17) is 0 Å². The van der Waals surface area contributed by atoms with Crippen LogP contribution < -0.4 is 0 Å². The predicted molar refractivity (Wildman–Crippen MR) is 102 cm³/mol. The highest BCUT2D eigenvalue weighted by Gasteiger charge is 2.33. The SMILES string of the molecule is C/C=C1/c2nc3ccccc3cc2CN1C(=O)/C(=C/[C@](O)(C=O)CC)CO. The molecule has 0 unspecified atom stereocenters. The minimum atomic E-state index is -1.77. The molecule has 0 saturated heterocycles. The topological polar surface area (TPSA) is 90.7 Å².